The highest BCUT2D eigenvalue weighted by atomic mass is 16.1. The van der Waals surface area contributed by atoms with Gasteiger partial charge in [0.15, 0.2) is 0 Å². The molecule has 0 atom stereocenters. The fourth-order valence-electron chi connectivity index (χ4n) is 3.85. The molecule has 0 bridgehead atoms. The quantitative estimate of drug-likeness (QED) is 0.759. The average Bonchev–Trinajstić information content (AvgIpc) is 2.70. The molecule has 1 aliphatic rings. The maximum Gasteiger partial charge on any atom is 0.255 e. The Bertz CT molecular complexity index is 1030. The van der Waals surface area contributed by atoms with Crippen LogP contribution in [0.4, 0.5) is 11.4 Å². The van der Waals surface area contributed by atoms with Crippen LogP contribution in [0.1, 0.15) is 11.1 Å². The summed E-state index contributed by atoms with van der Waals surface area (Å²) in [6, 6.07) is 16.7. The summed E-state index contributed by atoms with van der Waals surface area (Å²) in [4.78, 5) is 17.5. The highest BCUT2D eigenvalue weighted by molar-refractivity contribution is 5.80. The van der Waals surface area contributed by atoms with Gasteiger partial charge in [0, 0.05) is 56.7 Å². The molecular weight excluding hydrogens is 348 g/mol. The smallest absolute Gasteiger partial charge is 0.255 e. The number of aromatic nitrogens is 1. The Morgan fingerprint density at radius 3 is 2.36 bits per heavy atom. The Labute approximate surface area is 166 Å². The Kier molecular flexibility index (Phi) is 5.09. The van der Waals surface area contributed by atoms with Crippen molar-refractivity contribution in [3.63, 3.8) is 0 Å². The molecule has 0 aliphatic carbocycles. The van der Waals surface area contributed by atoms with Gasteiger partial charge in [-0.25, -0.2) is 0 Å². The maximum absolute atomic E-state index is 12.7. The topological polar surface area (TPSA) is 40.5 Å². The van der Waals surface area contributed by atoms with Gasteiger partial charge < -0.3 is 19.7 Å². The van der Waals surface area contributed by atoms with Gasteiger partial charge in [-0.1, -0.05) is 11.6 Å². The molecule has 28 heavy (non-hydrogen) atoms. The van der Waals surface area contributed by atoms with Gasteiger partial charge >= 0.3 is 0 Å². The number of rotatable bonds is 4. The number of piperazine rings is 1. The molecule has 0 saturated carbocycles. The van der Waals surface area contributed by atoms with Gasteiger partial charge in [-0.3, -0.25) is 4.79 Å². The third-order valence-corrected chi connectivity index (χ3v) is 5.67. The van der Waals surface area contributed by atoms with Crippen molar-refractivity contribution in [2.24, 2.45) is 7.05 Å². The van der Waals surface area contributed by atoms with Crippen LogP contribution in [0.15, 0.2) is 53.3 Å². The first-order valence-electron chi connectivity index (χ1n) is 9.88. The van der Waals surface area contributed by atoms with E-state index in [9.17, 15) is 4.79 Å². The molecule has 3 aromatic rings. The van der Waals surface area contributed by atoms with E-state index >= 15 is 0 Å². The molecule has 1 aliphatic heterocycles. The van der Waals surface area contributed by atoms with E-state index in [-0.39, 0.29) is 5.56 Å². The third-order valence-electron chi connectivity index (χ3n) is 5.67. The molecule has 146 valence electrons. The van der Waals surface area contributed by atoms with E-state index in [2.05, 4.69) is 59.4 Å². The van der Waals surface area contributed by atoms with Crippen LogP contribution in [0.3, 0.4) is 0 Å². The summed E-state index contributed by atoms with van der Waals surface area (Å²) in [7, 11) is 4.01. The van der Waals surface area contributed by atoms with Crippen molar-refractivity contribution in [3.05, 3.63) is 70.0 Å². The lowest BCUT2D eigenvalue weighted by Crippen LogP contribution is -2.44. The summed E-state index contributed by atoms with van der Waals surface area (Å²) in [6.07, 6.45) is 0. The van der Waals surface area contributed by atoms with Gasteiger partial charge in [-0.05, 0) is 61.8 Å². The van der Waals surface area contributed by atoms with Crippen LogP contribution in [0, 0.1) is 6.92 Å². The minimum Gasteiger partial charge on any atom is -0.381 e. The first-order chi connectivity index (χ1) is 13.5. The normalized spacial score (nSPS) is 15.2. The molecule has 0 spiro atoms. The fourth-order valence-corrected chi connectivity index (χ4v) is 3.85. The molecule has 2 aromatic carbocycles. The van der Waals surface area contributed by atoms with E-state index in [4.69, 9.17) is 0 Å². The summed E-state index contributed by atoms with van der Waals surface area (Å²) in [6.45, 7) is 6.93. The van der Waals surface area contributed by atoms with Gasteiger partial charge in [0.1, 0.15) is 0 Å². The van der Waals surface area contributed by atoms with Crippen molar-refractivity contribution < 1.29 is 0 Å². The summed E-state index contributed by atoms with van der Waals surface area (Å²) in [5.41, 5.74) is 5.29. The van der Waals surface area contributed by atoms with Crippen LogP contribution in [-0.4, -0.2) is 42.7 Å². The zero-order chi connectivity index (χ0) is 19.7. The number of anilines is 2. The van der Waals surface area contributed by atoms with Crippen molar-refractivity contribution in [2.75, 3.05) is 43.4 Å². The monoisotopic (exact) mass is 376 g/mol. The molecule has 5 nitrogen and oxygen atoms in total. The molecule has 1 saturated heterocycles. The lowest BCUT2D eigenvalue weighted by molar-refractivity contribution is 0.313. The second kappa shape index (κ2) is 7.68. The molecule has 0 amide bonds. The minimum absolute atomic E-state index is 0.0536. The summed E-state index contributed by atoms with van der Waals surface area (Å²) in [5.74, 6) is 0. The first-order valence-corrected chi connectivity index (χ1v) is 9.88. The van der Waals surface area contributed by atoms with Gasteiger partial charge in [-0.2, -0.15) is 0 Å². The number of benzene rings is 2. The number of hydrogen-bond donors (Lipinski definition) is 1. The second-order valence-corrected chi connectivity index (χ2v) is 7.79. The predicted molar refractivity (Wildman–Crippen MR) is 117 cm³/mol. The number of hydrogen-bond acceptors (Lipinski definition) is 4. The lowest BCUT2D eigenvalue weighted by atomic mass is 10.1. The summed E-state index contributed by atoms with van der Waals surface area (Å²) in [5, 5.41) is 4.51. The van der Waals surface area contributed by atoms with Crippen LogP contribution in [0.2, 0.25) is 0 Å². The van der Waals surface area contributed by atoms with E-state index in [0.29, 0.717) is 6.54 Å². The minimum atomic E-state index is 0.0536. The number of nitrogens with one attached hydrogen (secondary N) is 1. The Morgan fingerprint density at radius 1 is 0.929 bits per heavy atom. The molecular formula is C23H28N4O. The zero-order valence-corrected chi connectivity index (χ0v) is 16.9. The molecule has 0 radical (unpaired) electrons. The molecule has 4 rings (SSSR count). The first kappa shape index (κ1) is 18.6. The van der Waals surface area contributed by atoms with Crippen molar-refractivity contribution in [1.82, 2.24) is 9.47 Å². The zero-order valence-electron chi connectivity index (χ0n) is 16.9. The molecule has 1 fully saturated rings. The van der Waals surface area contributed by atoms with Crippen LogP contribution in [0.25, 0.3) is 10.9 Å². The van der Waals surface area contributed by atoms with Crippen molar-refractivity contribution in [3.8, 4) is 0 Å². The van der Waals surface area contributed by atoms with Crippen molar-refractivity contribution >= 4 is 22.3 Å². The highest BCUT2D eigenvalue weighted by Crippen LogP contribution is 2.20. The van der Waals surface area contributed by atoms with E-state index < -0.39 is 0 Å². The standard InChI is InChI=1S/C23H28N4O/c1-17-4-9-22-18(14-17)15-19(23(28)26(22)3)16-24-20-5-7-21(8-6-20)27-12-10-25(2)11-13-27/h4-9,14-15,24H,10-13,16H2,1-3H3. The van der Waals surface area contributed by atoms with Crippen LogP contribution < -0.4 is 15.8 Å². The van der Waals surface area contributed by atoms with Gasteiger partial charge in [0.2, 0.25) is 0 Å². The van der Waals surface area contributed by atoms with Gasteiger partial charge in [-0.15, -0.1) is 0 Å². The Hall–Kier alpha value is -2.79. The number of aryl methyl sites for hydroxylation is 2. The number of fused-ring (bicyclic) bond motifs is 1. The van der Waals surface area contributed by atoms with Gasteiger partial charge in [0.05, 0.1) is 5.52 Å². The van der Waals surface area contributed by atoms with Gasteiger partial charge in [0.25, 0.3) is 5.56 Å². The predicted octanol–water partition coefficient (Wildman–Crippen LogP) is 3.21. The van der Waals surface area contributed by atoms with E-state index in [1.165, 1.54) is 11.3 Å². The van der Waals surface area contributed by atoms with Crippen LogP contribution >= 0.6 is 0 Å². The van der Waals surface area contributed by atoms with E-state index in [0.717, 1.165) is 48.3 Å². The van der Waals surface area contributed by atoms with Crippen LogP contribution in [-0.2, 0) is 13.6 Å². The van der Waals surface area contributed by atoms with E-state index in [1.807, 2.05) is 25.2 Å². The fraction of sp³-hybridized carbons (Fsp3) is 0.348. The van der Waals surface area contributed by atoms with Crippen molar-refractivity contribution in [2.45, 2.75) is 13.5 Å². The molecule has 1 aromatic heterocycles. The second-order valence-electron chi connectivity index (χ2n) is 7.79. The Balaban J connectivity index is 1.48. The SMILES string of the molecule is Cc1ccc2c(c1)cc(CNc1ccc(N3CCN(C)CC3)cc1)c(=O)n2C. The lowest BCUT2D eigenvalue weighted by Gasteiger charge is -2.34. The summed E-state index contributed by atoms with van der Waals surface area (Å²) >= 11 is 0. The number of pyridine rings is 1. The average molecular weight is 377 g/mol. The van der Waals surface area contributed by atoms with Crippen LogP contribution in [0.5, 0.6) is 0 Å². The maximum atomic E-state index is 12.7. The largest absolute Gasteiger partial charge is 0.381 e. The molecule has 0 unspecified atom stereocenters. The summed E-state index contributed by atoms with van der Waals surface area (Å²) < 4.78 is 1.74. The van der Waals surface area contributed by atoms with Crippen molar-refractivity contribution in [1.29, 1.82) is 0 Å². The highest BCUT2D eigenvalue weighted by Gasteiger charge is 2.14. The third kappa shape index (κ3) is 3.76. The van der Waals surface area contributed by atoms with E-state index in [1.54, 1.807) is 4.57 Å². The molecule has 2 heterocycles. The number of nitrogens with zero attached hydrogens (tertiary/aromatic N) is 3. The Morgan fingerprint density at radius 2 is 1.64 bits per heavy atom. The number of likely N-dealkylation sites (N-methyl/N-ethyl adjacent to an activating group) is 1. The molecule has 5 heteroatoms. The molecule has 1 N–H and O–H groups in total.